The van der Waals surface area contributed by atoms with Crippen molar-refractivity contribution in [3.05, 3.63) is 22.4 Å². The summed E-state index contributed by atoms with van der Waals surface area (Å²) in [6, 6.07) is 1.93. The van der Waals surface area contributed by atoms with Crippen LogP contribution in [0, 0.1) is 0 Å². The number of hydrogen-bond acceptors (Lipinski definition) is 2. The van der Waals surface area contributed by atoms with E-state index < -0.39 is 0 Å². The van der Waals surface area contributed by atoms with Crippen molar-refractivity contribution in [3.8, 4) is 0 Å². The first-order valence-electron chi connectivity index (χ1n) is 6.44. The van der Waals surface area contributed by atoms with Crippen molar-refractivity contribution in [3.63, 3.8) is 0 Å². The molecule has 1 aliphatic carbocycles. The van der Waals surface area contributed by atoms with E-state index in [0.717, 1.165) is 30.3 Å². The van der Waals surface area contributed by atoms with Crippen molar-refractivity contribution < 1.29 is 9.90 Å². The van der Waals surface area contributed by atoms with Crippen molar-refractivity contribution in [1.82, 2.24) is 9.88 Å². The molecule has 2 unspecified atom stereocenters. The van der Waals surface area contributed by atoms with E-state index in [1.807, 2.05) is 23.8 Å². The van der Waals surface area contributed by atoms with Gasteiger partial charge in [-0.15, -0.1) is 0 Å². The second-order valence-corrected chi connectivity index (χ2v) is 5.74. The molecular weight excluding hydrogens is 296 g/mol. The molecule has 0 spiro atoms. The number of hydrogen-bond donors (Lipinski definition) is 2. The van der Waals surface area contributed by atoms with Crippen LogP contribution < -0.4 is 5.32 Å². The minimum atomic E-state index is -0.270. The molecule has 100 valence electrons. The number of carbonyl (C=O) groups excluding carboxylic acids is 1. The molecule has 1 heterocycles. The van der Waals surface area contributed by atoms with Crippen LogP contribution in [-0.4, -0.2) is 27.7 Å². The van der Waals surface area contributed by atoms with Crippen molar-refractivity contribution >= 4 is 21.8 Å². The fourth-order valence-electron chi connectivity index (χ4n) is 2.48. The summed E-state index contributed by atoms with van der Waals surface area (Å²) < 4.78 is 2.83. The third-order valence-electron chi connectivity index (χ3n) is 3.42. The van der Waals surface area contributed by atoms with Crippen LogP contribution in [0.4, 0.5) is 0 Å². The van der Waals surface area contributed by atoms with Crippen LogP contribution in [-0.2, 0) is 6.54 Å². The SMILES string of the molecule is CCn1cc(Br)cc1C(=O)NC1CCCC(O)C1. The number of nitrogens with one attached hydrogen (secondary N) is 1. The highest BCUT2D eigenvalue weighted by atomic mass is 79.9. The van der Waals surface area contributed by atoms with Crippen LogP contribution in [0.2, 0.25) is 0 Å². The zero-order chi connectivity index (χ0) is 13.1. The van der Waals surface area contributed by atoms with E-state index in [2.05, 4.69) is 21.2 Å². The van der Waals surface area contributed by atoms with Crippen molar-refractivity contribution in [2.45, 2.75) is 51.3 Å². The molecule has 18 heavy (non-hydrogen) atoms. The lowest BCUT2D eigenvalue weighted by Gasteiger charge is -2.26. The lowest BCUT2D eigenvalue weighted by atomic mass is 9.93. The fourth-order valence-corrected chi connectivity index (χ4v) is 2.95. The van der Waals surface area contributed by atoms with E-state index in [-0.39, 0.29) is 18.1 Å². The minimum absolute atomic E-state index is 0.0540. The molecule has 2 N–H and O–H groups in total. The summed E-state index contributed by atoms with van der Waals surface area (Å²) in [7, 11) is 0. The van der Waals surface area contributed by atoms with Gasteiger partial charge >= 0.3 is 0 Å². The number of halogens is 1. The summed E-state index contributed by atoms with van der Waals surface area (Å²) >= 11 is 3.39. The first kappa shape index (κ1) is 13.6. The molecule has 0 radical (unpaired) electrons. The van der Waals surface area contributed by atoms with Crippen LogP contribution in [0.25, 0.3) is 0 Å². The maximum absolute atomic E-state index is 12.2. The maximum atomic E-state index is 12.2. The van der Waals surface area contributed by atoms with E-state index in [9.17, 15) is 9.90 Å². The first-order valence-corrected chi connectivity index (χ1v) is 7.24. The van der Waals surface area contributed by atoms with Gasteiger partial charge in [0.05, 0.1) is 6.10 Å². The topological polar surface area (TPSA) is 54.3 Å². The summed E-state index contributed by atoms with van der Waals surface area (Å²) in [6.07, 6.45) is 5.09. The van der Waals surface area contributed by atoms with Crippen LogP contribution in [0.3, 0.4) is 0 Å². The summed E-state index contributed by atoms with van der Waals surface area (Å²) in [4.78, 5) is 12.2. The first-order chi connectivity index (χ1) is 8.60. The molecule has 2 atom stereocenters. The van der Waals surface area contributed by atoms with Crippen LogP contribution >= 0.6 is 15.9 Å². The predicted octanol–water partition coefficient (Wildman–Crippen LogP) is 2.30. The quantitative estimate of drug-likeness (QED) is 0.899. The number of nitrogens with zero attached hydrogens (tertiary/aromatic N) is 1. The van der Waals surface area contributed by atoms with Crippen molar-refractivity contribution in [1.29, 1.82) is 0 Å². The smallest absolute Gasteiger partial charge is 0.268 e. The molecule has 5 heteroatoms. The van der Waals surface area contributed by atoms with Gasteiger partial charge in [-0.2, -0.15) is 0 Å². The third-order valence-corrected chi connectivity index (χ3v) is 3.85. The number of rotatable bonds is 3. The highest BCUT2D eigenvalue weighted by Gasteiger charge is 2.23. The number of aliphatic hydroxyl groups is 1. The summed E-state index contributed by atoms with van der Waals surface area (Å²) in [5.74, 6) is -0.0540. The lowest BCUT2D eigenvalue weighted by molar-refractivity contribution is 0.0842. The maximum Gasteiger partial charge on any atom is 0.268 e. The Labute approximate surface area is 116 Å². The van der Waals surface area contributed by atoms with Gasteiger partial charge in [-0.05, 0) is 54.6 Å². The Kier molecular flexibility index (Phi) is 4.45. The average molecular weight is 315 g/mol. The lowest BCUT2D eigenvalue weighted by Crippen LogP contribution is -2.40. The standard InChI is InChI=1S/C13H19BrN2O2/c1-2-16-8-9(14)6-12(16)13(18)15-10-4-3-5-11(17)7-10/h6,8,10-11,17H,2-5,7H2,1H3,(H,15,18). The summed E-state index contributed by atoms with van der Waals surface area (Å²) in [5.41, 5.74) is 0.671. The number of aromatic nitrogens is 1. The molecule has 1 aromatic rings. The van der Waals surface area contributed by atoms with Crippen LogP contribution in [0.15, 0.2) is 16.7 Å². The van der Waals surface area contributed by atoms with Crippen LogP contribution in [0.1, 0.15) is 43.1 Å². The van der Waals surface area contributed by atoms with Gasteiger partial charge in [0.15, 0.2) is 0 Å². The van der Waals surface area contributed by atoms with Gasteiger partial charge in [-0.1, -0.05) is 0 Å². The van der Waals surface area contributed by atoms with Gasteiger partial charge in [0.2, 0.25) is 0 Å². The molecule has 1 aliphatic rings. The molecular formula is C13H19BrN2O2. The Hall–Kier alpha value is -0.810. The Morgan fingerprint density at radius 1 is 1.61 bits per heavy atom. The zero-order valence-corrected chi connectivity index (χ0v) is 12.1. The molecule has 1 saturated carbocycles. The monoisotopic (exact) mass is 314 g/mol. The molecule has 0 saturated heterocycles. The van der Waals surface area contributed by atoms with Gasteiger partial charge in [-0.3, -0.25) is 4.79 Å². The second-order valence-electron chi connectivity index (χ2n) is 4.82. The molecule has 1 aromatic heterocycles. The Morgan fingerprint density at radius 2 is 2.39 bits per heavy atom. The van der Waals surface area contributed by atoms with Gasteiger partial charge in [0.1, 0.15) is 5.69 Å². The summed E-state index contributed by atoms with van der Waals surface area (Å²) in [6.45, 7) is 2.77. The molecule has 1 fully saturated rings. The van der Waals surface area contributed by atoms with Gasteiger partial charge in [0.25, 0.3) is 5.91 Å². The average Bonchev–Trinajstić information content (AvgIpc) is 2.70. The minimum Gasteiger partial charge on any atom is -0.393 e. The predicted molar refractivity (Wildman–Crippen MR) is 73.5 cm³/mol. The molecule has 0 aliphatic heterocycles. The van der Waals surface area contributed by atoms with Crippen LogP contribution in [0.5, 0.6) is 0 Å². The largest absolute Gasteiger partial charge is 0.393 e. The second kappa shape index (κ2) is 5.89. The Bertz CT molecular complexity index is 431. The molecule has 1 amide bonds. The molecule has 0 bridgehead atoms. The third kappa shape index (κ3) is 3.14. The van der Waals surface area contributed by atoms with Crippen molar-refractivity contribution in [2.24, 2.45) is 0 Å². The molecule has 4 nitrogen and oxygen atoms in total. The number of carbonyl (C=O) groups is 1. The van der Waals surface area contributed by atoms with E-state index >= 15 is 0 Å². The highest BCUT2D eigenvalue weighted by Crippen LogP contribution is 2.20. The molecule has 0 aromatic carbocycles. The van der Waals surface area contributed by atoms with E-state index in [1.165, 1.54) is 0 Å². The van der Waals surface area contributed by atoms with Crippen molar-refractivity contribution in [2.75, 3.05) is 0 Å². The Balaban J connectivity index is 2.02. The van der Waals surface area contributed by atoms with E-state index in [1.54, 1.807) is 0 Å². The van der Waals surface area contributed by atoms with Gasteiger partial charge in [-0.25, -0.2) is 0 Å². The molecule has 2 rings (SSSR count). The van der Waals surface area contributed by atoms with Gasteiger partial charge in [0, 0.05) is 23.3 Å². The number of amides is 1. The van der Waals surface area contributed by atoms with Gasteiger partial charge < -0.3 is 15.0 Å². The van der Waals surface area contributed by atoms with E-state index in [4.69, 9.17) is 0 Å². The summed E-state index contributed by atoms with van der Waals surface area (Å²) in [5, 5.41) is 12.6. The number of aliphatic hydroxyl groups excluding tert-OH is 1. The number of aryl methyl sites for hydroxylation is 1. The fraction of sp³-hybridized carbons (Fsp3) is 0.615. The zero-order valence-electron chi connectivity index (χ0n) is 10.5. The Morgan fingerprint density at radius 3 is 3.06 bits per heavy atom. The highest BCUT2D eigenvalue weighted by molar-refractivity contribution is 9.10. The normalized spacial score (nSPS) is 23.9. The van der Waals surface area contributed by atoms with E-state index in [0.29, 0.717) is 12.1 Å².